The molecule has 2 aromatic carbocycles. The van der Waals surface area contributed by atoms with Gasteiger partial charge in [-0.3, -0.25) is 23.5 Å². The summed E-state index contributed by atoms with van der Waals surface area (Å²) in [6, 6.07) is 17.3. The van der Waals surface area contributed by atoms with E-state index in [1.165, 1.54) is 16.8 Å². The number of carbonyl (C=O) groups excluding carboxylic acids is 2. The van der Waals surface area contributed by atoms with Crippen molar-refractivity contribution in [1.82, 2.24) is 14.0 Å². The Morgan fingerprint density at radius 3 is 2.15 bits per heavy atom. The normalized spacial score (nSPS) is 10.6. The predicted molar refractivity (Wildman–Crippen MR) is 132 cm³/mol. The summed E-state index contributed by atoms with van der Waals surface area (Å²) in [4.78, 5) is 52.1. The summed E-state index contributed by atoms with van der Waals surface area (Å²) < 4.78 is 2.30. The molecule has 0 saturated heterocycles. The molecule has 0 bridgehead atoms. The predicted octanol–water partition coefficient (Wildman–Crippen LogP) is 2.96. The lowest BCUT2D eigenvalue weighted by molar-refractivity contribution is -0.116. The van der Waals surface area contributed by atoms with Crippen LogP contribution in [-0.4, -0.2) is 38.9 Å². The molecule has 8 heteroatoms. The minimum Gasteiger partial charge on any atom is -0.339 e. The first-order valence-electron chi connectivity index (χ1n) is 11.5. The van der Waals surface area contributed by atoms with Crippen LogP contribution < -0.4 is 16.6 Å². The van der Waals surface area contributed by atoms with Crippen LogP contribution in [0.1, 0.15) is 42.6 Å². The van der Waals surface area contributed by atoms with Crippen molar-refractivity contribution in [1.29, 1.82) is 0 Å². The van der Waals surface area contributed by atoms with Crippen LogP contribution >= 0.6 is 0 Å². The number of hydrogen-bond acceptors (Lipinski definition) is 4. The summed E-state index contributed by atoms with van der Waals surface area (Å²) in [5.41, 5.74) is 0.831. The molecule has 0 fully saturated rings. The third kappa shape index (κ3) is 6.31. The molecule has 2 amide bonds. The molecule has 0 aliphatic carbocycles. The fourth-order valence-electron chi connectivity index (χ4n) is 3.68. The number of amides is 2. The molecule has 178 valence electrons. The Balaban J connectivity index is 1.69. The number of nitrogens with one attached hydrogen (secondary N) is 1. The lowest BCUT2D eigenvalue weighted by Crippen LogP contribution is -2.41. The second-order valence-electron chi connectivity index (χ2n) is 8.05. The highest BCUT2D eigenvalue weighted by atomic mass is 16.2. The van der Waals surface area contributed by atoms with E-state index in [4.69, 9.17) is 0 Å². The van der Waals surface area contributed by atoms with Gasteiger partial charge in [-0.2, -0.15) is 0 Å². The van der Waals surface area contributed by atoms with Crippen molar-refractivity contribution in [2.75, 3.05) is 18.4 Å². The summed E-state index contributed by atoms with van der Waals surface area (Å²) in [5, 5.41) is 2.69. The molecule has 8 nitrogen and oxygen atoms in total. The van der Waals surface area contributed by atoms with Gasteiger partial charge in [0.1, 0.15) is 6.54 Å². The van der Waals surface area contributed by atoms with Crippen LogP contribution in [0.5, 0.6) is 0 Å². The van der Waals surface area contributed by atoms with E-state index >= 15 is 0 Å². The Hall–Kier alpha value is -3.94. The van der Waals surface area contributed by atoms with E-state index in [-0.39, 0.29) is 5.91 Å². The summed E-state index contributed by atoms with van der Waals surface area (Å²) in [7, 11) is 0. The molecule has 0 saturated carbocycles. The fraction of sp³-hybridized carbons (Fsp3) is 0.308. The zero-order valence-corrected chi connectivity index (χ0v) is 19.6. The van der Waals surface area contributed by atoms with Gasteiger partial charge in [-0.15, -0.1) is 0 Å². The SMILES string of the molecule is CCCN(CCC)C(=O)c1ccc(NC(=O)Cn2c(=O)ccn(Cc3ccccc3)c2=O)cc1. The lowest BCUT2D eigenvalue weighted by Gasteiger charge is -2.21. The molecule has 1 heterocycles. The maximum atomic E-state index is 12.8. The van der Waals surface area contributed by atoms with Gasteiger partial charge in [-0.1, -0.05) is 44.2 Å². The molecule has 1 aromatic heterocycles. The van der Waals surface area contributed by atoms with Crippen LogP contribution in [-0.2, 0) is 17.9 Å². The minimum absolute atomic E-state index is 0.0450. The summed E-state index contributed by atoms with van der Waals surface area (Å²) in [6.07, 6.45) is 3.19. The van der Waals surface area contributed by atoms with E-state index < -0.39 is 23.7 Å². The van der Waals surface area contributed by atoms with Crippen LogP contribution in [0.3, 0.4) is 0 Å². The Morgan fingerprint density at radius 1 is 0.882 bits per heavy atom. The number of hydrogen-bond donors (Lipinski definition) is 1. The average Bonchev–Trinajstić information content (AvgIpc) is 2.84. The monoisotopic (exact) mass is 462 g/mol. The first kappa shape index (κ1) is 24.7. The number of rotatable bonds is 10. The summed E-state index contributed by atoms with van der Waals surface area (Å²) in [6.45, 7) is 5.34. The molecule has 0 aliphatic heterocycles. The van der Waals surface area contributed by atoms with Crippen molar-refractivity contribution < 1.29 is 9.59 Å². The van der Waals surface area contributed by atoms with Crippen LogP contribution in [0.4, 0.5) is 5.69 Å². The molecule has 1 N–H and O–H groups in total. The van der Waals surface area contributed by atoms with Crippen molar-refractivity contribution >= 4 is 17.5 Å². The van der Waals surface area contributed by atoms with E-state index in [1.807, 2.05) is 49.1 Å². The van der Waals surface area contributed by atoms with Gasteiger partial charge in [0.05, 0.1) is 6.54 Å². The van der Waals surface area contributed by atoms with Crippen molar-refractivity contribution in [2.24, 2.45) is 0 Å². The zero-order chi connectivity index (χ0) is 24.5. The van der Waals surface area contributed by atoms with Gasteiger partial charge in [0.2, 0.25) is 5.91 Å². The van der Waals surface area contributed by atoms with E-state index in [0.29, 0.717) is 30.9 Å². The van der Waals surface area contributed by atoms with Crippen molar-refractivity contribution in [3.05, 3.63) is 98.8 Å². The number of carbonyl (C=O) groups is 2. The first-order valence-corrected chi connectivity index (χ1v) is 11.5. The third-order valence-corrected chi connectivity index (χ3v) is 5.33. The molecule has 0 radical (unpaired) electrons. The second kappa shape index (κ2) is 11.8. The first-order chi connectivity index (χ1) is 16.4. The molecule has 0 spiro atoms. The molecule has 34 heavy (non-hydrogen) atoms. The van der Waals surface area contributed by atoms with Gasteiger partial charge in [-0.05, 0) is 42.7 Å². The Kier molecular flexibility index (Phi) is 8.56. The van der Waals surface area contributed by atoms with E-state index in [1.54, 1.807) is 24.3 Å². The van der Waals surface area contributed by atoms with Crippen LogP contribution in [0, 0.1) is 0 Å². The maximum absolute atomic E-state index is 12.8. The summed E-state index contributed by atoms with van der Waals surface area (Å²) in [5.74, 6) is -0.550. The molecular weight excluding hydrogens is 432 g/mol. The van der Waals surface area contributed by atoms with Crippen LogP contribution in [0.25, 0.3) is 0 Å². The van der Waals surface area contributed by atoms with Crippen LogP contribution in [0.15, 0.2) is 76.4 Å². The van der Waals surface area contributed by atoms with Crippen molar-refractivity contribution in [3.8, 4) is 0 Å². The van der Waals surface area contributed by atoms with Crippen LogP contribution in [0.2, 0.25) is 0 Å². The zero-order valence-electron chi connectivity index (χ0n) is 19.6. The van der Waals surface area contributed by atoms with E-state index in [0.717, 1.165) is 23.0 Å². The molecule has 0 unspecified atom stereocenters. The largest absolute Gasteiger partial charge is 0.339 e. The molecule has 3 rings (SSSR count). The fourth-order valence-corrected chi connectivity index (χ4v) is 3.68. The smallest absolute Gasteiger partial charge is 0.331 e. The molecule has 0 atom stereocenters. The third-order valence-electron chi connectivity index (χ3n) is 5.33. The number of nitrogens with zero attached hydrogens (tertiary/aromatic N) is 3. The van der Waals surface area contributed by atoms with E-state index in [2.05, 4.69) is 5.32 Å². The molecule has 3 aromatic rings. The lowest BCUT2D eigenvalue weighted by atomic mass is 10.1. The van der Waals surface area contributed by atoms with Gasteiger partial charge in [0.25, 0.3) is 11.5 Å². The topological polar surface area (TPSA) is 93.4 Å². The standard InChI is InChI=1S/C26H30N4O4/c1-3-15-28(16-4-2)25(33)21-10-12-22(13-11-21)27-23(31)19-30-24(32)14-17-29(26(30)34)18-20-8-6-5-7-9-20/h5-14,17H,3-4,15-16,18-19H2,1-2H3,(H,27,31). The quantitative estimate of drug-likeness (QED) is 0.501. The summed E-state index contributed by atoms with van der Waals surface area (Å²) >= 11 is 0. The maximum Gasteiger partial charge on any atom is 0.331 e. The van der Waals surface area contributed by atoms with Gasteiger partial charge in [0, 0.05) is 36.6 Å². The Morgan fingerprint density at radius 2 is 1.53 bits per heavy atom. The highest BCUT2D eigenvalue weighted by Crippen LogP contribution is 2.12. The van der Waals surface area contributed by atoms with Crippen molar-refractivity contribution in [3.63, 3.8) is 0 Å². The van der Waals surface area contributed by atoms with Gasteiger partial charge in [-0.25, -0.2) is 4.79 Å². The molecule has 0 aliphatic rings. The highest BCUT2D eigenvalue weighted by Gasteiger charge is 2.15. The van der Waals surface area contributed by atoms with Gasteiger partial charge >= 0.3 is 5.69 Å². The van der Waals surface area contributed by atoms with Gasteiger partial charge < -0.3 is 10.2 Å². The second-order valence-corrected chi connectivity index (χ2v) is 8.05. The van der Waals surface area contributed by atoms with Gasteiger partial charge in [0.15, 0.2) is 0 Å². The Labute approximate surface area is 198 Å². The van der Waals surface area contributed by atoms with Crippen molar-refractivity contribution in [2.45, 2.75) is 39.8 Å². The average molecular weight is 463 g/mol. The number of benzene rings is 2. The number of aromatic nitrogens is 2. The Bertz CT molecular complexity index is 1220. The number of anilines is 1. The van der Waals surface area contributed by atoms with E-state index in [9.17, 15) is 19.2 Å². The molecular formula is C26H30N4O4. The minimum atomic E-state index is -0.556. The highest BCUT2D eigenvalue weighted by molar-refractivity contribution is 5.95.